The van der Waals surface area contributed by atoms with E-state index >= 15 is 0 Å². The second-order valence-corrected chi connectivity index (χ2v) is 9.68. The molecule has 1 aliphatic carbocycles. The van der Waals surface area contributed by atoms with Crippen LogP contribution in [0.2, 0.25) is 0 Å². The predicted octanol–water partition coefficient (Wildman–Crippen LogP) is 4.28. The lowest BCUT2D eigenvalue weighted by atomic mass is 9.91. The third-order valence-corrected chi connectivity index (χ3v) is 6.98. The van der Waals surface area contributed by atoms with Crippen molar-refractivity contribution in [3.8, 4) is 17.0 Å². The first kappa shape index (κ1) is 22.5. The number of amides is 1. The van der Waals surface area contributed by atoms with Crippen molar-refractivity contribution in [1.29, 1.82) is 0 Å². The van der Waals surface area contributed by atoms with Crippen molar-refractivity contribution in [2.45, 2.75) is 44.4 Å². The molecular weight excluding hydrogens is 468 g/mol. The van der Waals surface area contributed by atoms with Gasteiger partial charge in [-0.15, -0.1) is 0 Å². The van der Waals surface area contributed by atoms with Crippen molar-refractivity contribution < 1.29 is 23.4 Å². The number of hydrogen-bond acceptors (Lipinski definition) is 6. The van der Waals surface area contributed by atoms with Crippen LogP contribution in [0.3, 0.4) is 0 Å². The van der Waals surface area contributed by atoms with Crippen molar-refractivity contribution in [3.63, 3.8) is 0 Å². The molecule has 4 aromatic rings. The van der Waals surface area contributed by atoms with Gasteiger partial charge in [0.15, 0.2) is 5.65 Å². The average Bonchev–Trinajstić information content (AvgIpc) is 3.36. The van der Waals surface area contributed by atoms with Crippen molar-refractivity contribution in [2.75, 3.05) is 7.05 Å². The van der Waals surface area contributed by atoms with Crippen LogP contribution in [0, 0.1) is 0 Å². The Morgan fingerprint density at radius 3 is 2.67 bits per heavy atom. The maximum Gasteiger partial charge on any atom is 0.387 e. The number of pyridine rings is 1. The molecule has 2 aliphatic rings. The molecule has 4 heterocycles. The summed E-state index contributed by atoms with van der Waals surface area (Å²) in [5.74, 6) is -0.677. The summed E-state index contributed by atoms with van der Waals surface area (Å²) >= 11 is 0. The summed E-state index contributed by atoms with van der Waals surface area (Å²) in [5.41, 5.74) is 3.68. The molecule has 2 unspecified atom stereocenters. The average molecular weight is 491 g/mol. The number of benzene rings is 1. The van der Waals surface area contributed by atoms with Gasteiger partial charge in [-0.05, 0) is 56.7 Å². The third-order valence-electron chi connectivity index (χ3n) is 6.98. The van der Waals surface area contributed by atoms with E-state index in [1.165, 1.54) is 6.07 Å². The molecule has 0 fully saturated rings. The number of carbonyl (C=O) groups is 1. The molecule has 1 aromatic carbocycles. The fraction of sp³-hybridized carbons (Fsp3) is 0.308. The zero-order valence-corrected chi connectivity index (χ0v) is 19.8. The molecular formula is C26H23F2N5O3. The number of halogens is 2. The highest BCUT2D eigenvalue weighted by Crippen LogP contribution is 2.52. The van der Waals surface area contributed by atoms with Crippen LogP contribution in [0.15, 0.2) is 48.7 Å². The maximum atomic E-state index is 13.3. The Bertz CT molecular complexity index is 1510. The molecule has 36 heavy (non-hydrogen) atoms. The summed E-state index contributed by atoms with van der Waals surface area (Å²) in [4.78, 5) is 24.0. The minimum Gasteiger partial charge on any atom is -0.434 e. The zero-order chi connectivity index (χ0) is 25.4. The van der Waals surface area contributed by atoms with Gasteiger partial charge in [-0.2, -0.15) is 13.9 Å². The number of ether oxygens (including phenoxy) is 1. The lowest BCUT2D eigenvalue weighted by Gasteiger charge is -2.23. The molecule has 2 bridgehead atoms. The molecule has 1 aliphatic heterocycles. The maximum absolute atomic E-state index is 13.3. The van der Waals surface area contributed by atoms with Gasteiger partial charge in [0.2, 0.25) is 0 Å². The summed E-state index contributed by atoms with van der Waals surface area (Å²) < 4.78 is 33.1. The van der Waals surface area contributed by atoms with Gasteiger partial charge < -0.3 is 14.7 Å². The van der Waals surface area contributed by atoms with Crippen molar-refractivity contribution in [3.05, 3.63) is 76.9 Å². The van der Waals surface area contributed by atoms with Gasteiger partial charge in [-0.1, -0.05) is 6.07 Å². The highest BCUT2D eigenvalue weighted by molar-refractivity contribution is 5.98. The Hall–Kier alpha value is -3.92. The Morgan fingerprint density at radius 2 is 1.97 bits per heavy atom. The summed E-state index contributed by atoms with van der Waals surface area (Å²) in [7, 11) is 1.70. The van der Waals surface area contributed by atoms with Crippen molar-refractivity contribution in [1.82, 2.24) is 24.5 Å². The molecule has 184 valence electrons. The first-order valence-corrected chi connectivity index (χ1v) is 11.6. The second-order valence-electron chi connectivity index (χ2n) is 9.68. The quantitative estimate of drug-likeness (QED) is 0.458. The van der Waals surface area contributed by atoms with E-state index in [0.717, 1.165) is 11.3 Å². The molecule has 2 atom stereocenters. The van der Waals surface area contributed by atoms with Crippen LogP contribution in [-0.4, -0.2) is 49.2 Å². The number of imidazole rings is 1. The molecule has 3 aromatic heterocycles. The van der Waals surface area contributed by atoms with E-state index in [2.05, 4.69) is 4.98 Å². The molecule has 6 rings (SSSR count). The Balaban J connectivity index is 1.52. The first-order valence-electron chi connectivity index (χ1n) is 11.6. The molecule has 8 nitrogen and oxygen atoms in total. The number of aliphatic hydroxyl groups is 1. The van der Waals surface area contributed by atoms with E-state index in [9.17, 15) is 18.7 Å². The highest BCUT2D eigenvalue weighted by atomic mass is 19.3. The number of carbonyl (C=O) groups excluding carboxylic acids is 1. The Morgan fingerprint density at radius 1 is 1.17 bits per heavy atom. The van der Waals surface area contributed by atoms with Gasteiger partial charge in [0, 0.05) is 35.9 Å². The summed E-state index contributed by atoms with van der Waals surface area (Å²) in [5, 5.41) is 15.0. The molecule has 1 amide bonds. The van der Waals surface area contributed by atoms with Crippen LogP contribution in [-0.2, 0) is 5.60 Å². The fourth-order valence-corrected chi connectivity index (χ4v) is 5.26. The monoisotopic (exact) mass is 491 g/mol. The van der Waals surface area contributed by atoms with E-state index in [1.807, 2.05) is 18.2 Å². The smallest absolute Gasteiger partial charge is 0.387 e. The van der Waals surface area contributed by atoms with E-state index in [-0.39, 0.29) is 17.7 Å². The second kappa shape index (κ2) is 7.79. The third kappa shape index (κ3) is 3.35. The van der Waals surface area contributed by atoms with Gasteiger partial charge in [0.1, 0.15) is 11.4 Å². The number of rotatable bonds is 4. The molecule has 0 saturated carbocycles. The lowest BCUT2D eigenvalue weighted by molar-refractivity contribution is -0.0506. The number of nitrogens with zero attached hydrogens (tertiary/aromatic N) is 5. The molecule has 0 saturated heterocycles. The van der Waals surface area contributed by atoms with E-state index < -0.39 is 18.1 Å². The Labute approximate surface area is 205 Å². The van der Waals surface area contributed by atoms with Crippen molar-refractivity contribution >= 4 is 11.6 Å². The minimum absolute atomic E-state index is 0.0136. The fourth-order valence-electron chi connectivity index (χ4n) is 5.26. The Kier molecular flexibility index (Phi) is 4.88. The summed E-state index contributed by atoms with van der Waals surface area (Å²) in [6, 6.07) is 11.6. The first-order chi connectivity index (χ1) is 17.1. The molecule has 0 spiro atoms. The SMILES string of the molecule is CN1C(=O)c2cccc(OC(F)F)c2C2CC1c1nc3ccc(-c4ccc(C(C)(C)O)nc4)nn3c12. The molecule has 10 heteroatoms. The largest absolute Gasteiger partial charge is 0.434 e. The number of fused-ring (bicyclic) bond motifs is 9. The predicted molar refractivity (Wildman–Crippen MR) is 126 cm³/mol. The van der Waals surface area contributed by atoms with Crippen LogP contribution in [0.1, 0.15) is 65.2 Å². The summed E-state index contributed by atoms with van der Waals surface area (Å²) in [6.07, 6.45) is 2.14. The normalized spacial score (nSPS) is 19.0. The van der Waals surface area contributed by atoms with Crippen LogP contribution in [0.5, 0.6) is 5.75 Å². The van der Waals surface area contributed by atoms with Crippen molar-refractivity contribution in [2.24, 2.45) is 0 Å². The van der Waals surface area contributed by atoms with Crippen LogP contribution in [0.25, 0.3) is 16.9 Å². The van der Waals surface area contributed by atoms with Gasteiger partial charge in [-0.3, -0.25) is 9.78 Å². The van der Waals surface area contributed by atoms with Crippen LogP contribution in [0.4, 0.5) is 8.78 Å². The molecule has 1 N–H and O–H groups in total. The lowest BCUT2D eigenvalue weighted by Crippen LogP contribution is -2.30. The van der Waals surface area contributed by atoms with E-state index in [0.29, 0.717) is 40.3 Å². The number of aromatic nitrogens is 4. The van der Waals surface area contributed by atoms with E-state index in [1.54, 1.807) is 54.7 Å². The van der Waals surface area contributed by atoms with Gasteiger partial charge in [0.25, 0.3) is 5.91 Å². The van der Waals surface area contributed by atoms with E-state index in [4.69, 9.17) is 14.8 Å². The number of hydrogen-bond donors (Lipinski definition) is 1. The van der Waals surface area contributed by atoms with Gasteiger partial charge in [0.05, 0.1) is 28.8 Å². The summed E-state index contributed by atoms with van der Waals surface area (Å²) in [6.45, 7) is 0.316. The zero-order valence-electron chi connectivity index (χ0n) is 19.8. The van der Waals surface area contributed by atoms with Crippen LogP contribution < -0.4 is 4.74 Å². The highest BCUT2D eigenvalue weighted by Gasteiger charge is 2.46. The minimum atomic E-state index is -3.02. The molecule has 0 radical (unpaired) electrons. The standard InChI is InChI=1S/C26H23F2N5O3/c1-26(2,35)19-9-7-13(12-29-19)16-8-10-20-30-22-17-11-15(23(22)33(20)31-16)21-14(24(34)32(17)3)5-4-6-18(21)36-25(27)28/h4-10,12,15,17,25,35H,11H2,1-3H3. The number of alkyl halides is 2. The topological polar surface area (TPSA) is 92.9 Å². The van der Waals surface area contributed by atoms with Gasteiger partial charge >= 0.3 is 6.61 Å². The van der Waals surface area contributed by atoms with Gasteiger partial charge in [-0.25, -0.2) is 9.50 Å². The van der Waals surface area contributed by atoms with Crippen LogP contribution >= 0.6 is 0 Å².